The van der Waals surface area contributed by atoms with Crippen molar-refractivity contribution in [2.45, 2.75) is 43.8 Å². The van der Waals surface area contributed by atoms with E-state index in [9.17, 15) is 48.5 Å². The Labute approximate surface area is 240 Å². The third-order valence-corrected chi connectivity index (χ3v) is 7.81. The molecule has 0 heterocycles. The summed E-state index contributed by atoms with van der Waals surface area (Å²) in [6, 6.07) is 3.13. The second-order valence-corrected chi connectivity index (χ2v) is 11.3. The third-order valence-electron chi connectivity index (χ3n) is 5.27. The summed E-state index contributed by atoms with van der Waals surface area (Å²) in [7, 11) is -2.29. The van der Waals surface area contributed by atoms with Gasteiger partial charge in [0.2, 0.25) is 0 Å². The van der Waals surface area contributed by atoms with E-state index in [-0.39, 0.29) is 27.1 Å². The molecule has 0 saturated carbocycles. The molecule has 2 aromatic carbocycles. The van der Waals surface area contributed by atoms with Crippen molar-refractivity contribution in [3.63, 3.8) is 0 Å². The van der Waals surface area contributed by atoms with Gasteiger partial charge in [-0.3, -0.25) is 9.00 Å². The van der Waals surface area contributed by atoms with Crippen molar-refractivity contribution < 1.29 is 48.5 Å². The molecule has 2 unspecified atom stereocenters. The highest BCUT2D eigenvalue weighted by molar-refractivity contribution is 7.85. The SMILES string of the molecule is C[C@H](CCS(=O)CC(F)(F)F)NC(=O)c1ccc(/C=C/C(c2cc(Cl)c(Cl)c(Cl)c2)C(F)(F)F)cc1C(F)(F)F. The fourth-order valence-corrected chi connectivity index (χ4v) is 5.14. The number of hydrogen-bond donors (Lipinski definition) is 1. The number of benzene rings is 2. The zero-order chi connectivity index (χ0) is 30.6. The van der Waals surface area contributed by atoms with Crippen molar-refractivity contribution >= 4 is 57.6 Å². The lowest BCUT2D eigenvalue weighted by molar-refractivity contribution is -0.139. The number of hydrogen-bond acceptors (Lipinski definition) is 2. The van der Waals surface area contributed by atoms with Crippen LogP contribution in [0.1, 0.15) is 46.3 Å². The lowest BCUT2D eigenvalue weighted by Gasteiger charge is -2.19. The van der Waals surface area contributed by atoms with Crippen LogP contribution in [0.3, 0.4) is 0 Å². The molecule has 3 atom stereocenters. The molecule has 0 saturated heterocycles. The Balaban J connectivity index is 2.30. The molecule has 222 valence electrons. The van der Waals surface area contributed by atoms with Gasteiger partial charge in [-0.1, -0.05) is 53.0 Å². The minimum Gasteiger partial charge on any atom is -0.350 e. The van der Waals surface area contributed by atoms with Gasteiger partial charge in [0, 0.05) is 22.6 Å². The molecule has 0 aliphatic rings. The monoisotopic (exact) mass is 661 g/mol. The summed E-state index contributed by atoms with van der Waals surface area (Å²) >= 11 is 17.4. The van der Waals surface area contributed by atoms with Crippen LogP contribution in [0.2, 0.25) is 15.1 Å². The number of nitrogens with one attached hydrogen (secondary N) is 1. The molecule has 0 aromatic heterocycles. The first kappa shape index (κ1) is 34.2. The van der Waals surface area contributed by atoms with Crippen LogP contribution in [0.5, 0.6) is 0 Å². The molecule has 1 amide bonds. The minimum absolute atomic E-state index is 0.176. The molecule has 0 aliphatic heterocycles. The van der Waals surface area contributed by atoms with E-state index in [1.807, 2.05) is 0 Å². The van der Waals surface area contributed by atoms with Gasteiger partial charge in [-0.2, -0.15) is 39.5 Å². The molecule has 1 N–H and O–H groups in total. The van der Waals surface area contributed by atoms with Crippen LogP contribution < -0.4 is 5.32 Å². The van der Waals surface area contributed by atoms with Crippen molar-refractivity contribution in [3.8, 4) is 0 Å². The molecule has 0 bridgehead atoms. The molecular weight excluding hydrogens is 644 g/mol. The Kier molecular flexibility index (Phi) is 11.4. The number of rotatable bonds is 9. The van der Waals surface area contributed by atoms with Crippen LogP contribution in [-0.4, -0.2) is 40.0 Å². The van der Waals surface area contributed by atoms with E-state index >= 15 is 0 Å². The van der Waals surface area contributed by atoms with Gasteiger partial charge in [-0.15, -0.1) is 0 Å². The summed E-state index contributed by atoms with van der Waals surface area (Å²) in [6.07, 6.45) is -13.5. The molecule has 0 aliphatic carbocycles. The second kappa shape index (κ2) is 13.3. The molecule has 0 spiro atoms. The smallest absolute Gasteiger partial charge is 0.350 e. The second-order valence-electron chi connectivity index (χ2n) is 8.55. The maximum absolute atomic E-state index is 13.7. The Morgan fingerprint density at radius 2 is 1.55 bits per heavy atom. The van der Waals surface area contributed by atoms with Crippen LogP contribution in [0.25, 0.3) is 6.08 Å². The van der Waals surface area contributed by atoms with Crippen molar-refractivity contribution in [1.29, 1.82) is 0 Å². The van der Waals surface area contributed by atoms with Gasteiger partial charge in [0.05, 0.1) is 32.1 Å². The fraction of sp³-hybridized carbons (Fsp3) is 0.375. The molecule has 2 rings (SSSR count). The quantitative estimate of drug-likeness (QED) is 0.216. The lowest BCUT2D eigenvalue weighted by atomic mass is 9.96. The van der Waals surface area contributed by atoms with E-state index in [0.29, 0.717) is 12.1 Å². The van der Waals surface area contributed by atoms with Crippen LogP contribution in [0.4, 0.5) is 39.5 Å². The Morgan fingerprint density at radius 1 is 0.975 bits per heavy atom. The van der Waals surface area contributed by atoms with Gasteiger partial charge in [0.15, 0.2) is 0 Å². The van der Waals surface area contributed by atoms with Crippen molar-refractivity contribution in [3.05, 3.63) is 73.7 Å². The van der Waals surface area contributed by atoms with Crippen LogP contribution in [0, 0.1) is 0 Å². The number of alkyl halides is 9. The maximum atomic E-state index is 13.7. The topological polar surface area (TPSA) is 46.2 Å². The van der Waals surface area contributed by atoms with E-state index in [1.165, 1.54) is 6.92 Å². The summed E-state index contributed by atoms with van der Waals surface area (Å²) in [5.74, 6) is -5.56. The molecule has 40 heavy (non-hydrogen) atoms. The Hall–Kier alpha value is -1.96. The zero-order valence-electron chi connectivity index (χ0n) is 20.1. The van der Waals surface area contributed by atoms with E-state index in [0.717, 1.165) is 30.3 Å². The van der Waals surface area contributed by atoms with E-state index in [2.05, 4.69) is 5.32 Å². The van der Waals surface area contributed by atoms with Gasteiger partial charge >= 0.3 is 18.5 Å². The molecule has 16 heteroatoms. The first-order chi connectivity index (χ1) is 18.2. The maximum Gasteiger partial charge on any atom is 0.417 e. The van der Waals surface area contributed by atoms with E-state index in [4.69, 9.17) is 34.8 Å². The van der Waals surface area contributed by atoms with Gasteiger partial charge in [0.25, 0.3) is 5.91 Å². The summed E-state index contributed by atoms with van der Waals surface area (Å²) in [5, 5.41) is 1.50. The number of halogens is 12. The zero-order valence-corrected chi connectivity index (χ0v) is 23.2. The summed E-state index contributed by atoms with van der Waals surface area (Å²) in [6.45, 7) is 1.31. The van der Waals surface area contributed by atoms with Gasteiger partial charge in [-0.25, -0.2) is 0 Å². The third kappa shape index (κ3) is 10.1. The highest BCUT2D eigenvalue weighted by Gasteiger charge is 2.40. The van der Waals surface area contributed by atoms with Crippen molar-refractivity contribution in [2.24, 2.45) is 0 Å². The number of amides is 1. The normalized spacial score (nSPS) is 15.2. The van der Waals surface area contributed by atoms with Crippen LogP contribution in [0.15, 0.2) is 36.4 Å². The minimum atomic E-state index is -5.09. The fourth-order valence-electron chi connectivity index (χ4n) is 3.41. The first-order valence-corrected chi connectivity index (χ1v) is 13.6. The summed E-state index contributed by atoms with van der Waals surface area (Å²) < 4.78 is 131. The molecule has 0 radical (unpaired) electrons. The standard InChI is InChI=1S/C24H19Cl3F9NO2S/c1-12(6-7-40(39)11-22(28,29)30)37-21(38)15-4-2-13(8-17(15)24(34,35)36)3-5-16(23(31,32)33)14-9-18(25)20(27)19(26)10-14/h2-5,8-10,12,16H,6-7,11H2,1H3,(H,37,38)/b5-3+/t12-,16?,40?/m1/s1. The molecular formula is C24H19Cl3F9NO2S. The average Bonchev–Trinajstić information content (AvgIpc) is 2.78. The predicted molar refractivity (Wildman–Crippen MR) is 136 cm³/mol. The summed E-state index contributed by atoms with van der Waals surface area (Å²) in [4.78, 5) is 12.5. The van der Waals surface area contributed by atoms with Crippen molar-refractivity contribution in [2.75, 3.05) is 11.5 Å². The summed E-state index contributed by atoms with van der Waals surface area (Å²) in [5.41, 5.74) is -3.06. The largest absolute Gasteiger partial charge is 0.417 e. The van der Waals surface area contributed by atoms with Crippen LogP contribution >= 0.6 is 34.8 Å². The molecule has 2 aromatic rings. The number of carbonyl (C=O) groups excluding carboxylic acids is 1. The van der Waals surface area contributed by atoms with E-state index < -0.39 is 75.4 Å². The first-order valence-electron chi connectivity index (χ1n) is 11.0. The molecule has 3 nitrogen and oxygen atoms in total. The van der Waals surface area contributed by atoms with Gasteiger partial charge < -0.3 is 5.32 Å². The predicted octanol–water partition coefficient (Wildman–Crippen LogP) is 8.84. The average molecular weight is 663 g/mol. The highest BCUT2D eigenvalue weighted by Crippen LogP contribution is 2.41. The number of allylic oxidation sites excluding steroid dienone is 1. The van der Waals surface area contributed by atoms with Gasteiger partial charge in [0.1, 0.15) is 5.75 Å². The van der Waals surface area contributed by atoms with Crippen molar-refractivity contribution in [1.82, 2.24) is 5.32 Å². The Bertz CT molecular complexity index is 1250. The van der Waals surface area contributed by atoms with Gasteiger partial charge in [-0.05, 0) is 48.7 Å². The Morgan fingerprint density at radius 3 is 2.05 bits per heavy atom. The number of carbonyl (C=O) groups is 1. The van der Waals surface area contributed by atoms with E-state index in [1.54, 1.807) is 0 Å². The van der Waals surface area contributed by atoms with Crippen LogP contribution in [-0.2, 0) is 17.0 Å². The highest BCUT2D eigenvalue weighted by atomic mass is 35.5. The lowest BCUT2D eigenvalue weighted by Crippen LogP contribution is -2.35. The molecule has 0 fully saturated rings.